The minimum atomic E-state index is -4.38. The van der Waals surface area contributed by atoms with Crippen molar-refractivity contribution in [2.45, 2.75) is 26.6 Å². The lowest BCUT2D eigenvalue weighted by atomic mass is 10.1. The van der Waals surface area contributed by atoms with E-state index in [-0.39, 0.29) is 18.3 Å². The molecule has 0 bridgehead atoms. The highest BCUT2D eigenvalue weighted by Gasteiger charge is 2.30. The number of carbonyl (C=O) groups excluding carboxylic acids is 1. The summed E-state index contributed by atoms with van der Waals surface area (Å²) >= 11 is 5.46. The Morgan fingerprint density at radius 1 is 1.35 bits per heavy atom. The van der Waals surface area contributed by atoms with E-state index >= 15 is 0 Å². The first-order valence-electron chi connectivity index (χ1n) is 6.78. The third kappa shape index (κ3) is 4.04. The average Bonchev–Trinajstić information content (AvgIpc) is 2.74. The molecule has 2 rings (SSSR count). The van der Waals surface area contributed by atoms with Crippen molar-refractivity contribution in [3.8, 4) is 0 Å². The molecule has 4 nitrogen and oxygen atoms in total. The van der Waals surface area contributed by atoms with Crippen molar-refractivity contribution in [3.63, 3.8) is 0 Å². The lowest BCUT2D eigenvalue weighted by molar-refractivity contribution is -0.137. The van der Waals surface area contributed by atoms with Gasteiger partial charge in [0.15, 0.2) is 0 Å². The zero-order valence-corrected chi connectivity index (χ0v) is 13.3. The fraction of sp³-hybridized carbons (Fsp3) is 0.333. The summed E-state index contributed by atoms with van der Waals surface area (Å²) in [6, 6.07) is 5.08. The van der Waals surface area contributed by atoms with Crippen LogP contribution in [0.2, 0.25) is 0 Å². The number of alkyl halides is 4. The molecule has 0 fully saturated rings. The average molecular weight is 346 g/mol. The Morgan fingerprint density at radius 2 is 2.04 bits per heavy atom. The van der Waals surface area contributed by atoms with Crippen LogP contribution in [0.3, 0.4) is 0 Å². The van der Waals surface area contributed by atoms with Crippen LogP contribution in [0.5, 0.6) is 0 Å². The van der Waals surface area contributed by atoms with Gasteiger partial charge in [-0.1, -0.05) is 12.1 Å². The van der Waals surface area contributed by atoms with Crippen molar-refractivity contribution in [1.82, 2.24) is 9.78 Å². The molecule has 0 saturated carbocycles. The standard InChI is InChI=1S/C15H15ClF3N3O/c1-9-14(20-13(23)7-16)10(2)22(21-9)8-11-4-3-5-12(6-11)15(17,18)19/h3-6H,7-8H2,1-2H3,(H,20,23). The van der Waals surface area contributed by atoms with E-state index < -0.39 is 11.7 Å². The van der Waals surface area contributed by atoms with Gasteiger partial charge in [0.25, 0.3) is 0 Å². The number of rotatable bonds is 4. The number of halogens is 4. The Bertz CT molecular complexity index is 725. The summed E-state index contributed by atoms with van der Waals surface area (Å²) in [6.45, 7) is 3.62. The quantitative estimate of drug-likeness (QED) is 0.858. The van der Waals surface area contributed by atoms with Crippen molar-refractivity contribution in [2.75, 3.05) is 11.2 Å². The summed E-state index contributed by atoms with van der Waals surface area (Å²) in [5.41, 5.74) is 1.53. The summed E-state index contributed by atoms with van der Waals surface area (Å²) in [5, 5.41) is 6.90. The predicted molar refractivity (Wildman–Crippen MR) is 81.6 cm³/mol. The largest absolute Gasteiger partial charge is 0.416 e. The first-order valence-corrected chi connectivity index (χ1v) is 7.31. The van der Waals surface area contributed by atoms with Crippen molar-refractivity contribution in [3.05, 3.63) is 46.8 Å². The molecule has 124 valence electrons. The van der Waals surface area contributed by atoms with E-state index in [9.17, 15) is 18.0 Å². The summed E-state index contributed by atoms with van der Waals surface area (Å²) in [5.74, 6) is -0.547. The number of hydrogen-bond acceptors (Lipinski definition) is 2. The Morgan fingerprint density at radius 3 is 2.65 bits per heavy atom. The van der Waals surface area contributed by atoms with Crippen LogP contribution in [-0.2, 0) is 17.5 Å². The minimum Gasteiger partial charge on any atom is -0.322 e. The molecule has 0 atom stereocenters. The Kier molecular flexibility index (Phi) is 4.99. The molecular weight excluding hydrogens is 331 g/mol. The molecule has 0 radical (unpaired) electrons. The van der Waals surface area contributed by atoms with Crippen LogP contribution in [0.15, 0.2) is 24.3 Å². The van der Waals surface area contributed by atoms with E-state index in [2.05, 4.69) is 10.4 Å². The summed E-state index contributed by atoms with van der Waals surface area (Å²) in [6.07, 6.45) is -4.38. The molecule has 0 saturated heterocycles. The Hall–Kier alpha value is -2.02. The molecule has 0 aliphatic carbocycles. The van der Waals surface area contributed by atoms with Gasteiger partial charge in [-0.3, -0.25) is 9.48 Å². The number of hydrogen-bond donors (Lipinski definition) is 1. The number of anilines is 1. The summed E-state index contributed by atoms with van der Waals surface area (Å²) in [4.78, 5) is 11.4. The smallest absolute Gasteiger partial charge is 0.322 e. The van der Waals surface area contributed by atoms with Crippen molar-refractivity contribution in [2.24, 2.45) is 0 Å². The van der Waals surface area contributed by atoms with E-state index in [1.54, 1.807) is 24.6 Å². The molecule has 1 N–H and O–H groups in total. The van der Waals surface area contributed by atoms with Crippen molar-refractivity contribution in [1.29, 1.82) is 0 Å². The van der Waals surface area contributed by atoms with E-state index in [1.807, 2.05) is 0 Å². The summed E-state index contributed by atoms with van der Waals surface area (Å²) in [7, 11) is 0. The Balaban J connectivity index is 2.28. The monoisotopic (exact) mass is 345 g/mol. The molecule has 0 aliphatic rings. The van der Waals surface area contributed by atoms with Crippen molar-refractivity contribution >= 4 is 23.2 Å². The van der Waals surface area contributed by atoms with E-state index in [4.69, 9.17) is 11.6 Å². The van der Waals surface area contributed by atoms with Gasteiger partial charge in [0, 0.05) is 0 Å². The molecule has 23 heavy (non-hydrogen) atoms. The number of amides is 1. The Labute approximate surface area is 136 Å². The molecule has 2 aromatic rings. The lowest BCUT2D eigenvalue weighted by Gasteiger charge is -2.10. The van der Waals surface area contributed by atoms with Gasteiger partial charge in [-0.2, -0.15) is 18.3 Å². The second kappa shape index (κ2) is 6.62. The van der Waals surface area contributed by atoms with E-state index in [0.29, 0.717) is 22.6 Å². The number of aryl methyl sites for hydroxylation is 1. The van der Waals surface area contributed by atoms with Crippen LogP contribution in [0.1, 0.15) is 22.5 Å². The maximum Gasteiger partial charge on any atom is 0.416 e. The first-order chi connectivity index (χ1) is 10.7. The maximum atomic E-state index is 12.8. The van der Waals surface area contributed by atoms with Gasteiger partial charge in [0.05, 0.1) is 29.2 Å². The third-order valence-corrected chi connectivity index (χ3v) is 3.60. The molecular formula is C15H15ClF3N3O. The molecule has 0 spiro atoms. The van der Waals surface area contributed by atoms with Gasteiger partial charge in [0.1, 0.15) is 5.88 Å². The minimum absolute atomic E-state index is 0.174. The number of benzene rings is 1. The maximum absolute atomic E-state index is 12.8. The molecule has 0 unspecified atom stereocenters. The van der Waals surface area contributed by atoms with Crippen LogP contribution < -0.4 is 5.32 Å². The van der Waals surface area contributed by atoms with Gasteiger partial charge in [-0.05, 0) is 31.5 Å². The lowest BCUT2D eigenvalue weighted by Crippen LogP contribution is -2.14. The normalized spacial score (nSPS) is 11.6. The van der Waals surface area contributed by atoms with Crippen LogP contribution in [0.4, 0.5) is 18.9 Å². The highest BCUT2D eigenvalue weighted by Crippen LogP contribution is 2.30. The predicted octanol–water partition coefficient (Wildman–Crippen LogP) is 3.74. The highest BCUT2D eigenvalue weighted by molar-refractivity contribution is 6.29. The van der Waals surface area contributed by atoms with Crippen LogP contribution in [-0.4, -0.2) is 21.6 Å². The second-order valence-electron chi connectivity index (χ2n) is 5.08. The molecule has 1 aromatic heterocycles. The summed E-state index contributed by atoms with van der Waals surface area (Å²) < 4.78 is 39.8. The fourth-order valence-electron chi connectivity index (χ4n) is 2.22. The molecule has 1 aromatic carbocycles. The van der Waals surface area contributed by atoms with Gasteiger partial charge >= 0.3 is 6.18 Å². The van der Waals surface area contributed by atoms with E-state index in [1.165, 1.54) is 6.07 Å². The van der Waals surface area contributed by atoms with Crippen LogP contribution in [0, 0.1) is 13.8 Å². The van der Waals surface area contributed by atoms with Gasteiger partial charge in [0.2, 0.25) is 5.91 Å². The van der Waals surface area contributed by atoms with Crippen LogP contribution in [0.25, 0.3) is 0 Å². The van der Waals surface area contributed by atoms with E-state index in [0.717, 1.165) is 12.1 Å². The number of nitrogens with zero attached hydrogens (tertiary/aromatic N) is 2. The molecule has 0 aliphatic heterocycles. The van der Waals surface area contributed by atoms with Gasteiger partial charge < -0.3 is 5.32 Å². The second-order valence-corrected chi connectivity index (χ2v) is 5.35. The fourth-order valence-corrected chi connectivity index (χ4v) is 2.29. The van der Waals surface area contributed by atoms with Crippen LogP contribution >= 0.6 is 11.6 Å². The third-order valence-electron chi connectivity index (χ3n) is 3.35. The highest BCUT2D eigenvalue weighted by atomic mass is 35.5. The number of carbonyl (C=O) groups is 1. The number of aromatic nitrogens is 2. The SMILES string of the molecule is Cc1nn(Cc2cccc(C(F)(F)F)c2)c(C)c1NC(=O)CCl. The topological polar surface area (TPSA) is 46.9 Å². The molecule has 1 amide bonds. The molecule has 8 heteroatoms. The first kappa shape index (κ1) is 17.3. The number of nitrogens with one attached hydrogen (secondary N) is 1. The molecule has 1 heterocycles. The van der Waals surface area contributed by atoms with Gasteiger partial charge in [-0.25, -0.2) is 0 Å². The van der Waals surface area contributed by atoms with Crippen molar-refractivity contribution < 1.29 is 18.0 Å². The van der Waals surface area contributed by atoms with Gasteiger partial charge in [-0.15, -0.1) is 11.6 Å². The zero-order chi connectivity index (χ0) is 17.2. The zero-order valence-electron chi connectivity index (χ0n) is 12.5.